The van der Waals surface area contributed by atoms with Gasteiger partial charge in [-0.3, -0.25) is 4.79 Å². The van der Waals surface area contributed by atoms with Crippen molar-refractivity contribution in [2.45, 2.75) is 43.8 Å². The van der Waals surface area contributed by atoms with Crippen LogP contribution in [0, 0.1) is 11.6 Å². The van der Waals surface area contributed by atoms with Gasteiger partial charge >= 0.3 is 12.1 Å². The van der Waals surface area contributed by atoms with Gasteiger partial charge in [-0.05, 0) is 31.0 Å². The van der Waals surface area contributed by atoms with E-state index in [0.717, 1.165) is 31.7 Å². The van der Waals surface area contributed by atoms with Gasteiger partial charge < -0.3 is 15.2 Å². The smallest absolute Gasteiger partial charge is 0.417 e. The van der Waals surface area contributed by atoms with Crippen molar-refractivity contribution in [3.05, 3.63) is 53.1 Å². The van der Waals surface area contributed by atoms with E-state index in [2.05, 4.69) is 5.32 Å². The lowest BCUT2D eigenvalue weighted by atomic mass is 9.81. The zero-order chi connectivity index (χ0) is 23.7. The topological polar surface area (TPSA) is 75.6 Å². The van der Waals surface area contributed by atoms with E-state index in [0.29, 0.717) is 25.0 Å². The lowest BCUT2D eigenvalue weighted by Crippen LogP contribution is -2.55. The van der Waals surface area contributed by atoms with Crippen LogP contribution in [0.3, 0.4) is 0 Å². The Labute approximate surface area is 180 Å². The molecule has 1 aliphatic carbocycles. The van der Waals surface area contributed by atoms with E-state index in [1.165, 1.54) is 0 Å². The van der Waals surface area contributed by atoms with Crippen LogP contribution in [-0.2, 0) is 11.0 Å². The minimum absolute atomic E-state index is 0.170. The second-order valence-corrected chi connectivity index (χ2v) is 7.63. The lowest BCUT2D eigenvalue weighted by Gasteiger charge is -2.34. The molecule has 1 saturated carbocycles. The molecular weight excluding hydrogens is 437 g/mol. The zero-order valence-electron chi connectivity index (χ0n) is 17.0. The number of halogens is 5. The highest BCUT2D eigenvalue weighted by Gasteiger charge is 2.41. The summed E-state index contributed by atoms with van der Waals surface area (Å²) >= 11 is 0. The molecule has 1 amide bonds. The van der Waals surface area contributed by atoms with Crippen LogP contribution in [0.25, 0.3) is 11.1 Å². The van der Waals surface area contributed by atoms with Gasteiger partial charge in [0.2, 0.25) is 0 Å². The molecule has 10 heteroatoms. The van der Waals surface area contributed by atoms with Gasteiger partial charge in [0.15, 0.2) is 0 Å². The molecular formula is C22H20F5NO4. The zero-order valence-corrected chi connectivity index (χ0v) is 17.0. The fourth-order valence-electron chi connectivity index (χ4n) is 3.90. The fourth-order valence-corrected chi connectivity index (χ4v) is 3.90. The predicted molar refractivity (Wildman–Crippen MR) is 104 cm³/mol. The van der Waals surface area contributed by atoms with E-state index < -0.39 is 51.9 Å². The summed E-state index contributed by atoms with van der Waals surface area (Å²) in [6.45, 7) is 0. The van der Waals surface area contributed by atoms with Gasteiger partial charge in [0, 0.05) is 23.3 Å². The van der Waals surface area contributed by atoms with Crippen molar-refractivity contribution >= 4 is 11.9 Å². The minimum Gasteiger partial charge on any atom is -0.497 e. The first-order chi connectivity index (χ1) is 15.0. The number of rotatable bonds is 5. The number of alkyl halides is 3. The summed E-state index contributed by atoms with van der Waals surface area (Å²) in [5.41, 5.74) is -5.10. The Balaban J connectivity index is 2.09. The molecule has 0 aliphatic heterocycles. The summed E-state index contributed by atoms with van der Waals surface area (Å²) in [7, 11) is 1.14. The number of aliphatic carboxylic acids is 1. The van der Waals surface area contributed by atoms with Crippen LogP contribution in [-0.4, -0.2) is 29.6 Å². The minimum atomic E-state index is -4.96. The SMILES string of the molecule is COc1cc(F)c(-c2cc(C(=O)NC3(C(=O)O)CCCCC3)ccc2C(F)(F)F)c(F)c1. The number of carboxylic acid groups (broad SMARTS) is 1. The summed E-state index contributed by atoms with van der Waals surface area (Å²) in [4.78, 5) is 24.6. The first kappa shape index (κ1) is 23.5. The van der Waals surface area contributed by atoms with Crippen LogP contribution in [0.2, 0.25) is 0 Å². The number of amides is 1. The van der Waals surface area contributed by atoms with Crippen LogP contribution in [0.15, 0.2) is 30.3 Å². The molecule has 0 radical (unpaired) electrons. The lowest BCUT2D eigenvalue weighted by molar-refractivity contribution is -0.146. The first-order valence-corrected chi connectivity index (χ1v) is 9.79. The largest absolute Gasteiger partial charge is 0.497 e. The normalized spacial score (nSPS) is 15.8. The van der Waals surface area contributed by atoms with Crippen molar-refractivity contribution in [1.82, 2.24) is 5.32 Å². The molecule has 1 aliphatic rings. The number of hydrogen-bond acceptors (Lipinski definition) is 3. The summed E-state index contributed by atoms with van der Waals surface area (Å²) in [6, 6.07) is 3.56. The Morgan fingerprint density at radius 1 is 1.03 bits per heavy atom. The molecule has 5 nitrogen and oxygen atoms in total. The molecule has 2 aromatic carbocycles. The highest BCUT2D eigenvalue weighted by molar-refractivity contribution is 5.99. The summed E-state index contributed by atoms with van der Waals surface area (Å²) in [5, 5.41) is 12.0. The van der Waals surface area contributed by atoms with E-state index in [1.807, 2.05) is 0 Å². The standard InChI is InChI=1S/C22H20F5NO4/c1-32-13-10-16(23)18(17(24)11-13)14-9-12(5-6-15(14)22(25,26)27)19(29)28-21(20(30)31)7-3-2-4-8-21/h5-6,9-11H,2-4,7-8H2,1H3,(H,28,29)(H,30,31). The number of carbonyl (C=O) groups excluding carboxylic acids is 1. The summed E-state index contributed by atoms with van der Waals surface area (Å²) in [5.74, 6) is -5.03. The Hall–Kier alpha value is -3.17. The van der Waals surface area contributed by atoms with Crippen LogP contribution < -0.4 is 10.1 Å². The van der Waals surface area contributed by atoms with Crippen LogP contribution in [0.5, 0.6) is 5.75 Å². The molecule has 0 spiro atoms. The van der Waals surface area contributed by atoms with Crippen LogP contribution in [0.4, 0.5) is 22.0 Å². The number of hydrogen-bond donors (Lipinski definition) is 2. The van der Waals surface area contributed by atoms with Crippen molar-refractivity contribution in [1.29, 1.82) is 0 Å². The second kappa shape index (κ2) is 8.76. The van der Waals surface area contributed by atoms with Gasteiger partial charge in [-0.2, -0.15) is 13.2 Å². The van der Waals surface area contributed by atoms with Gasteiger partial charge in [0.1, 0.15) is 22.9 Å². The maximum absolute atomic E-state index is 14.6. The number of carboxylic acids is 1. The molecule has 0 saturated heterocycles. The average molecular weight is 457 g/mol. The molecule has 2 aromatic rings. The molecule has 172 valence electrons. The van der Waals surface area contributed by atoms with Crippen LogP contribution >= 0.6 is 0 Å². The van der Waals surface area contributed by atoms with Gasteiger partial charge in [-0.15, -0.1) is 0 Å². The molecule has 2 N–H and O–H groups in total. The van der Waals surface area contributed by atoms with Gasteiger partial charge in [0.25, 0.3) is 5.91 Å². The number of methoxy groups -OCH3 is 1. The third-order valence-corrected chi connectivity index (χ3v) is 5.58. The summed E-state index contributed by atoms with van der Waals surface area (Å²) in [6.07, 6.45) is -2.70. The number of benzene rings is 2. The maximum atomic E-state index is 14.6. The highest BCUT2D eigenvalue weighted by Crippen LogP contribution is 2.40. The second-order valence-electron chi connectivity index (χ2n) is 7.63. The Morgan fingerprint density at radius 3 is 2.12 bits per heavy atom. The van der Waals surface area contributed by atoms with E-state index >= 15 is 0 Å². The van der Waals surface area contributed by atoms with Crippen LogP contribution in [0.1, 0.15) is 48.0 Å². The summed E-state index contributed by atoms with van der Waals surface area (Å²) < 4.78 is 74.5. The molecule has 0 atom stereocenters. The Morgan fingerprint density at radius 2 is 1.62 bits per heavy atom. The van der Waals surface area contributed by atoms with Crippen molar-refractivity contribution in [3.8, 4) is 16.9 Å². The van der Waals surface area contributed by atoms with Crippen molar-refractivity contribution in [3.63, 3.8) is 0 Å². The molecule has 32 heavy (non-hydrogen) atoms. The van der Waals surface area contributed by atoms with Crippen molar-refractivity contribution in [2.24, 2.45) is 0 Å². The van der Waals surface area contributed by atoms with E-state index in [4.69, 9.17) is 4.74 Å². The molecule has 0 unspecified atom stereocenters. The monoisotopic (exact) mass is 457 g/mol. The maximum Gasteiger partial charge on any atom is 0.417 e. The van der Waals surface area contributed by atoms with Gasteiger partial charge in [-0.25, -0.2) is 13.6 Å². The predicted octanol–water partition coefficient (Wildman–Crippen LogP) is 5.18. The number of ether oxygens (including phenoxy) is 1. The third kappa shape index (κ3) is 4.53. The molecule has 1 fully saturated rings. The molecule has 0 bridgehead atoms. The van der Waals surface area contributed by atoms with Crippen molar-refractivity contribution < 1.29 is 41.4 Å². The molecule has 3 rings (SSSR count). The Kier molecular flexibility index (Phi) is 6.43. The third-order valence-electron chi connectivity index (χ3n) is 5.58. The van der Waals surface area contributed by atoms with Gasteiger partial charge in [0.05, 0.1) is 18.2 Å². The Bertz CT molecular complexity index is 1020. The first-order valence-electron chi connectivity index (χ1n) is 9.79. The number of nitrogens with one attached hydrogen (secondary N) is 1. The fraction of sp³-hybridized carbons (Fsp3) is 0.364. The quantitative estimate of drug-likeness (QED) is 0.607. The molecule has 0 heterocycles. The highest BCUT2D eigenvalue weighted by atomic mass is 19.4. The number of carbonyl (C=O) groups is 2. The van der Waals surface area contributed by atoms with E-state index in [-0.39, 0.29) is 24.2 Å². The van der Waals surface area contributed by atoms with Crippen molar-refractivity contribution in [2.75, 3.05) is 7.11 Å². The van der Waals surface area contributed by atoms with E-state index in [1.54, 1.807) is 0 Å². The molecule has 0 aromatic heterocycles. The van der Waals surface area contributed by atoms with E-state index in [9.17, 15) is 36.6 Å². The average Bonchev–Trinajstić information content (AvgIpc) is 2.72. The van der Waals surface area contributed by atoms with Gasteiger partial charge in [-0.1, -0.05) is 19.3 Å².